The molecule has 1 N–H and O–H groups in total. The molecular formula is C20H19BrN4S. The van der Waals surface area contributed by atoms with E-state index >= 15 is 0 Å². The fourth-order valence-electron chi connectivity index (χ4n) is 2.88. The van der Waals surface area contributed by atoms with E-state index in [4.69, 9.17) is 0 Å². The number of azo groups is 1. The molecule has 0 fully saturated rings. The van der Waals surface area contributed by atoms with Gasteiger partial charge in [-0.15, -0.1) is 0 Å². The number of thiazole rings is 1. The normalized spacial score (nSPS) is 11.2. The molecule has 0 unspecified atom stereocenters. The summed E-state index contributed by atoms with van der Waals surface area (Å²) < 4.78 is 2.08. The highest BCUT2D eigenvalue weighted by molar-refractivity contribution is 7.14. The van der Waals surface area contributed by atoms with E-state index in [2.05, 4.69) is 57.9 Å². The maximum Gasteiger partial charge on any atom is 0.408 e. The highest BCUT2D eigenvalue weighted by Gasteiger charge is 2.18. The number of aryl methyl sites for hydroxylation is 1. The predicted octanol–water partition coefficient (Wildman–Crippen LogP) is 2.76. The summed E-state index contributed by atoms with van der Waals surface area (Å²) in [6, 6.07) is 18.5. The van der Waals surface area contributed by atoms with Crippen molar-refractivity contribution in [2.45, 2.75) is 13.8 Å². The Bertz CT molecular complexity index is 1080. The maximum atomic E-state index is 4.64. The summed E-state index contributed by atoms with van der Waals surface area (Å²) in [4.78, 5) is 4.75. The predicted molar refractivity (Wildman–Crippen MR) is 103 cm³/mol. The smallest absolute Gasteiger partial charge is 0.408 e. The zero-order valence-electron chi connectivity index (χ0n) is 14.8. The van der Waals surface area contributed by atoms with Gasteiger partial charge in [-0.05, 0) is 36.4 Å². The summed E-state index contributed by atoms with van der Waals surface area (Å²) in [7, 11) is 2.03. The van der Waals surface area contributed by atoms with Crippen LogP contribution < -0.4 is 21.5 Å². The van der Waals surface area contributed by atoms with E-state index in [1.54, 1.807) is 11.3 Å². The Balaban J connectivity index is 0.00000196. The van der Waals surface area contributed by atoms with Crippen molar-refractivity contribution in [3.63, 3.8) is 0 Å². The van der Waals surface area contributed by atoms with E-state index in [9.17, 15) is 0 Å². The lowest BCUT2D eigenvalue weighted by atomic mass is 10.1. The van der Waals surface area contributed by atoms with E-state index in [1.807, 2.05) is 37.4 Å². The van der Waals surface area contributed by atoms with Crippen LogP contribution in [0.1, 0.15) is 10.6 Å². The monoisotopic (exact) mass is 426 g/mol. The van der Waals surface area contributed by atoms with Gasteiger partial charge >= 0.3 is 5.13 Å². The zero-order valence-corrected chi connectivity index (χ0v) is 17.2. The molecule has 0 amide bonds. The second-order valence-corrected chi connectivity index (χ2v) is 7.23. The molecule has 4 nitrogen and oxygen atoms in total. The van der Waals surface area contributed by atoms with Gasteiger partial charge in [-0.25, -0.2) is 4.57 Å². The highest BCUT2D eigenvalue weighted by atomic mass is 79.9. The molecule has 0 aliphatic rings. The van der Waals surface area contributed by atoms with Crippen LogP contribution in [0.2, 0.25) is 0 Å². The number of nitrogens with one attached hydrogen (secondary N) is 1. The van der Waals surface area contributed by atoms with Gasteiger partial charge in [0, 0.05) is 16.5 Å². The second-order valence-electron chi connectivity index (χ2n) is 6.05. The van der Waals surface area contributed by atoms with Crippen molar-refractivity contribution < 1.29 is 21.5 Å². The van der Waals surface area contributed by atoms with Gasteiger partial charge in [0.2, 0.25) is 0 Å². The minimum Gasteiger partial charge on any atom is -1.00 e. The van der Waals surface area contributed by atoms with E-state index < -0.39 is 0 Å². The molecule has 2 aromatic carbocycles. The SMILES string of the molecule is Cc1sc(N=Nc2c(-c3ccccc3)[nH]c3ccccc23)[n+](C)c1C.[Br-]. The van der Waals surface area contributed by atoms with Gasteiger partial charge in [-0.3, -0.25) is 0 Å². The van der Waals surface area contributed by atoms with Gasteiger partial charge in [0.05, 0.1) is 22.7 Å². The third-order valence-corrected chi connectivity index (χ3v) is 5.66. The van der Waals surface area contributed by atoms with Gasteiger partial charge in [-0.2, -0.15) is 0 Å². The van der Waals surface area contributed by atoms with Gasteiger partial charge in [0.1, 0.15) is 11.4 Å². The molecule has 0 saturated heterocycles. The summed E-state index contributed by atoms with van der Waals surface area (Å²) in [5.74, 6) is 0. The fraction of sp³-hybridized carbons (Fsp3) is 0.150. The number of hydrogen-bond acceptors (Lipinski definition) is 3. The van der Waals surface area contributed by atoms with Crippen LogP contribution in [0.25, 0.3) is 22.2 Å². The number of aromatic amines is 1. The van der Waals surface area contributed by atoms with E-state index in [-0.39, 0.29) is 17.0 Å². The third kappa shape index (κ3) is 3.22. The lowest BCUT2D eigenvalue weighted by Crippen LogP contribution is -3.00. The maximum absolute atomic E-state index is 4.64. The van der Waals surface area contributed by atoms with Gasteiger partial charge in [0.15, 0.2) is 0 Å². The number of hydrogen-bond donors (Lipinski definition) is 1. The summed E-state index contributed by atoms with van der Waals surface area (Å²) in [5, 5.41) is 11.2. The van der Waals surface area contributed by atoms with Gasteiger partial charge in [0.25, 0.3) is 0 Å². The van der Waals surface area contributed by atoms with Crippen LogP contribution in [0.3, 0.4) is 0 Å². The van der Waals surface area contributed by atoms with Gasteiger partial charge < -0.3 is 22.0 Å². The molecule has 132 valence electrons. The standard InChI is InChI=1S/C20H18N4S.BrH/c1-13-14(2)25-20(24(13)3)23-22-19-16-11-7-8-12-17(16)21-18(19)15-9-5-4-6-10-15;/h4-12H,1-3H3;1H. The Labute approximate surface area is 167 Å². The van der Waals surface area contributed by atoms with Crippen LogP contribution >= 0.6 is 11.3 Å². The number of nitrogens with zero attached hydrogens (tertiary/aromatic N) is 3. The molecule has 0 saturated carbocycles. The van der Waals surface area contributed by atoms with Gasteiger partial charge in [-0.1, -0.05) is 48.5 Å². The van der Waals surface area contributed by atoms with Crippen LogP contribution in [0, 0.1) is 13.8 Å². The lowest BCUT2D eigenvalue weighted by molar-refractivity contribution is -0.660. The minimum atomic E-state index is 0. The topological polar surface area (TPSA) is 44.4 Å². The summed E-state index contributed by atoms with van der Waals surface area (Å²) >= 11 is 1.66. The number of rotatable bonds is 3. The minimum absolute atomic E-state index is 0. The molecule has 0 radical (unpaired) electrons. The zero-order chi connectivity index (χ0) is 17.4. The van der Waals surface area contributed by atoms with Crippen molar-refractivity contribution in [2.75, 3.05) is 0 Å². The van der Waals surface area contributed by atoms with Crippen molar-refractivity contribution >= 4 is 33.1 Å². The van der Waals surface area contributed by atoms with Crippen molar-refractivity contribution in [1.29, 1.82) is 0 Å². The number of benzene rings is 2. The van der Waals surface area contributed by atoms with E-state index in [0.717, 1.165) is 33.0 Å². The third-order valence-electron chi connectivity index (χ3n) is 4.52. The number of H-pyrrole nitrogens is 1. The van der Waals surface area contributed by atoms with Crippen LogP contribution in [0.15, 0.2) is 64.8 Å². The number of aromatic nitrogens is 2. The number of fused-ring (bicyclic) bond motifs is 1. The van der Waals surface area contributed by atoms with Crippen molar-refractivity contribution in [1.82, 2.24) is 4.98 Å². The summed E-state index contributed by atoms with van der Waals surface area (Å²) in [5.41, 5.74) is 5.28. The van der Waals surface area contributed by atoms with Crippen LogP contribution in [0.5, 0.6) is 0 Å². The molecular weight excluding hydrogens is 408 g/mol. The molecule has 2 aromatic heterocycles. The molecule has 4 aromatic rings. The average molecular weight is 427 g/mol. The molecule has 6 heteroatoms. The Morgan fingerprint density at radius 3 is 2.31 bits per heavy atom. The first-order valence-electron chi connectivity index (χ1n) is 8.19. The van der Waals surface area contributed by atoms with Crippen LogP contribution in [0.4, 0.5) is 10.8 Å². The quantitative estimate of drug-likeness (QED) is 0.386. The molecule has 2 heterocycles. The molecule has 26 heavy (non-hydrogen) atoms. The number of halogens is 1. The Kier molecular flexibility index (Phi) is 5.34. The molecule has 4 rings (SSSR count). The highest BCUT2D eigenvalue weighted by Crippen LogP contribution is 2.38. The van der Waals surface area contributed by atoms with E-state index in [0.29, 0.717) is 0 Å². The molecule has 0 atom stereocenters. The first kappa shape index (κ1) is 18.5. The Hall–Kier alpha value is -2.31. The number of para-hydroxylation sites is 1. The first-order chi connectivity index (χ1) is 12.1. The van der Waals surface area contributed by atoms with Crippen molar-refractivity contribution in [2.24, 2.45) is 17.3 Å². The van der Waals surface area contributed by atoms with Crippen molar-refractivity contribution in [3.8, 4) is 11.3 Å². The van der Waals surface area contributed by atoms with Crippen LogP contribution in [-0.2, 0) is 7.05 Å². The van der Waals surface area contributed by atoms with Crippen LogP contribution in [-0.4, -0.2) is 4.98 Å². The van der Waals surface area contributed by atoms with Crippen molar-refractivity contribution in [3.05, 3.63) is 65.2 Å². The molecule has 0 aliphatic carbocycles. The summed E-state index contributed by atoms with van der Waals surface area (Å²) in [6.07, 6.45) is 0. The molecule has 0 bridgehead atoms. The Morgan fingerprint density at radius 1 is 0.923 bits per heavy atom. The second kappa shape index (κ2) is 7.51. The Morgan fingerprint density at radius 2 is 1.62 bits per heavy atom. The van der Waals surface area contributed by atoms with E-state index in [1.165, 1.54) is 10.6 Å². The average Bonchev–Trinajstić information content (AvgIpc) is 3.13. The largest absolute Gasteiger partial charge is 1.00 e. The fourth-order valence-corrected chi connectivity index (χ4v) is 3.80. The molecule has 0 aliphatic heterocycles. The first-order valence-corrected chi connectivity index (χ1v) is 9.00. The molecule has 0 spiro atoms. The summed E-state index contributed by atoms with van der Waals surface area (Å²) in [6.45, 7) is 4.21. The lowest BCUT2D eigenvalue weighted by Gasteiger charge is -1.97.